The van der Waals surface area contributed by atoms with Gasteiger partial charge in [0.05, 0.1) is 0 Å². The zero-order valence-electron chi connectivity index (χ0n) is 13.7. The second-order valence-electron chi connectivity index (χ2n) is 6.86. The number of piperidine rings is 1. The Morgan fingerprint density at radius 2 is 2.04 bits per heavy atom. The van der Waals surface area contributed by atoms with Gasteiger partial charge in [-0.1, -0.05) is 24.3 Å². The van der Waals surface area contributed by atoms with E-state index in [0.29, 0.717) is 24.9 Å². The number of hydrogen-bond donors (Lipinski definition) is 1. The Morgan fingerprint density at radius 3 is 2.71 bits per heavy atom. The molecule has 2 aromatic rings. The van der Waals surface area contributed by atoms with Crippen molar-refractivity contribution in [2.45, 2.75) is 38.0 Å². The number of rotatable bonds is 3. The largest absolute Gasteiger partial charge is 0.434 e. The van der Waals surface area contributed by atoms with Crippen LogP contribution >= 0.6 is 0 Å². The van der Waals surface area contributed by atoms with Crippen LogP contribution < -0.4 is 5.76 Å². The van der Waals surface area contributed by atoms with Crippen LogP contribution in [0.15, 0.2) is 33.5 Å². The molecule has 1 aromatic carbocycles. The number of likely N-dealkylation sites (tertiary alicyclic amines) is 1. The van der Waals surface area contributed by atoms with Crippen LogP contribution in [0.1, 0.15) is 48.1 Å². The fourth-order valence-corrected chi connectivity index (χ4v) is 3.81. The Bertz CT molecular complexity index is 802. The van der Waals surface area contributed by atoms with Crippen molar-refractivity contribution in [1.82, 2.24) is 15.1 Å². The maximum atomic E-state index is 12.7. The maximum Gasteiger partial charge on any atom is 0.434 e. The summed E-state index contributed by atoms with van der Waals surface area (Å²) in [5, 5.41) is 6.22. The second-order valence-corrected chi connectivity index (χ2v) is 6.86. The van der Waals surface area contributed by atoms with Crippen molar-refractivity contribution in [3.8, 4) is 0 Å². The lowest BCUT2D eigenvalue weighted by Gasteiger charge is -2.30. The number of H-pyrrole nitrogens is 1. The molecule has 4 rings (SSSR count). The topological polar surface area (TPSA) is 79.2 Å². The third kappa shape index (κ3) is 2.77. The molecule has 0 radical (unpaired) electrons. The highest BCUT2D eigenvalue weighted by atomic mass is 16.4. The van der Waals surface area contributed by atoms with Crippen molar-refractivity contribution in [3.05, 3.63) is 51.8 Å². The summed E-state index contributed by atoms with van der Waals surface area (Å²) in [5.74, 6) is 0.857. The van der Waals surface area contributed by atoms with Crippen LogP contribution in [-0.2, 0) is 4.79 Å². The number of aromatic amines is 1. The quantitative estimate of drug-likeness (QED) is 0.937. The summed E-state index contributed by atoms with van der Waals surface area (Å²) >= 11 is 0. The third-order valence-electron chi connectivity index (χ3n) is 5.31. The molecule has 1 saturated carbocycles. The average molecular weight is 327 g/mol. The van der Waals surface area contributed by atoms with E-state index in [1.54, 1.807) is 0 Å². The highest BCUT2D eigenvalue weighted by Crippen LogP contribution is 2.49. The molecule has 0 spiro atoms. The van der Waals surface area contributed by atoms with Crippen molar-refractivity contribution < 1.29 is 9.21 Å². The van der Waals surface area contributed by atoms with E-state index in [4.69, 9.17) is 4.42 Å². The molecule has 1 N–H and O–H groups in total. The van der Waals surface area contributed by atoms with Crippen LogP contribution in [0, 0.1) is 12.8 Å². The summed E-state index contributed by atoms with van der Waals surface area (Å²) in [6.07, 6.45) is 2.54. The molecule has 6 nitrogen and oxygen atoms in total. The second kappa shape index (κ2) is 5.92. The summed E-state index contributed by atoms with van der Waals surface area (Å²) in [6, 6.07) is 8.33. The molecule has 0 unspecified atom stereocenters. The van der Waals surface area contributed by atoms with Crippen LogP contribution in [0.2, 0.25) is 0 Å². The molecular formula is C18H21N3O3. The van der Waals surface area contributed by atoms with E-state index in [1.165, 1.54) is 11.1 Å². The number of aryl methyl sites for hydroxylation is 1. The molecular weight excluding hydrogens is 306 g/mol. The molecule has 2 atom stereocenters. The van der Waals surface area contributed by atoms with Gasteiger partial charge in [0.2, 0.25) is 11.8 Å². The zero-order chi connectivity index (χ0) is 16.7. The van der Waals surface area contributed by atoms with Crippen molar-refractivity contribution >= 4 is 5.91 Å². The SMILES string of the molecule is Cc1ccccc1[C@@H]1C[C@H]1C(=O)N1CCC(c2n[nH]c(=O)o2)CC1. The third-order valence-corrected chi connectivity index (χ3v) is 5.31. The number of benzene rings is 1. The van der Waals surface area contributed by atoms with Crippen molar-refractivity contribution in [2.24, 2.45) is 5.92 Å². The fourth-order valence-electron chi connectivity index (χ4n) is 3.81. The fraction of sp³-hybridized carbons (Fsp3) is 0.500. The van der Waals surface area contributed by atoms with E-state index in [9.17, 15) is 9.59 Å². The first-order valence-corrected chi connectivity index (χ1v) is 8.53. The van der Waals surface area contributed by atoms with Crippen LogP contribution in [-0.4, -0.2) is 34.1 Å². The van der Waals surface area contributed by atoms with E-state index < -0.39 is 5.76 Å². The average Bonchev–Trinajstić information content (AvgIpc) is 3.28. The van der Waals surface area contributed by atoms with Gasteiger partial charge in [-0.05, 0) is 43.2 Å². The van der Waals surface area contributed by atoms with Crippen LogP contribution in [0.4, 0.5) is 0 Å². The van der Waals surface area contributed by atoms with Gasteiger partial charge >= 0.3 is 5.76 Å². The number of nitrogens with zero attached hydrogens (tertiary/aromatic N) is 2. The number of carbonyl (C=O) groups is 1. The lowest BCUT2D eigenvalue weighted by Crippen LogP contribution is -2.39. The molecule has 2 aliphatic rings. The van der Waals surface area contributed by atoms with Gasteiger partial charge in [0.1, 0.15) is 0 Å². The van der Waals surface area contributed by atoms with Crippen LogP contribution in [0.5, 0.6) is 0 Å². The molecule has 2 heterocycles. The Hall–Kier alpha value is -2.37. The summed E-state index contributed by atoms with van der Waals surface area (Å²) in [7, 11) is 0. The van der Waals surface area contributed by atoms with Gasteiger partial charge in [0.25, 0.3) is 0 Å². The number of amides is 1. The molecule has 1 amide bonds. The lowest BCUT2D eigenvalue weighted by molar-refractivity contribution is -0.133. The van der Waals surface area contributed by atoms with E-state index in [0.717, 1.165) is 19.3 Å². The lowest BCUT2D eigenvalue weighted by atomic mass is 9.96. The number of nitrogens with one attached hydrogen (secondary N) is 1. The Labute approximate surface area is 139 Å². The van der Waals surface area contributed by atoms with E-state index in [-0.39, 0.29) is 17.7 Å². The molecule has 126 valence electrons. The molecule has 24 heavy (non-hydrogen) atoms. The molecule has 1 aromatic heterocycles. The molecule has 1 saturated heterocycles. The Morgan fingerprint density at radius 1 is 1.29 bits per heavy atom. The van der Waals surface area contributed by atoms with Crippen molar-refractivity contribution in [2.75, 3.05) is 13.1 Å². The predicted molar refractivity (Wildman–Crippen MR) is 87.7 cm³/mol. The molecule has 6 heteroatoms. The van der Waals surface area contributed by atoms with Crippen molar-refractivity contribution in [1.29, 1.82) is 0 Å². The minimum atomic E-state index is -0.512. The first-order chi connectivity index (χ1) is 11.6. The van der Waals surface area contributed by atoms with Gasteiger partial charge in [-0.25, -0.2) is 9.89 Å². The van der Waals surface area contributed by atoms with Crippen molar-refractivity contribution in [3.63, 3.8) is 0 Å². The van der Waals surface area contributed by atoms with Gasteiger partial charge in [-0.3, -0.25) is 4.79 Å². The molecule has 1 aliphatic heterocycles. The maximum absolute atomic E-state index is 12.7. The van der Waals surface area contributed by atoms with E-state index in [1.807, 2.05) is 17.0 Å². The highest BCUT2D eigenvalue weighted by Gasteiger charge is 2.46. The minimum Gasteiger partial charge on any atom is -0.392 e. The highest BCUT2D eigenvalue weighted by molar-refractivity contribution is 5.83. The minimum absolute atomic E-state index is 0.124. The van der Waals surface area contributed by atoms with E-state index >= 15 is 0 Å². The molecule has 1 aliphatic carbocycles. The van der Waals surface area contributed by atoms with Gasteiger partial charge in [0, 0.05) is 24.9 Å². The van der Waals surface area contributed by atoms with Crippen LogP contribution in [0.3, 0.4) is 0 Å². The van der Waals surface area contributed by atoms with E-state index in [2.05, 4.69) is 29.3 Å². The zero-order valence-corrected chi connectivity index (χ0v) is 13.7. The molecule has 2 fully saturated rings. The first-order valence-electron chi connectivity index (χ1n) is 8.53. The Balaban J connectivity index is 1.36. The number of aromatic nitrogens is 2. The smallest absolute Gasteiger partial charge is 0.392 e. The Kier molecular flexibility index (Phi) is 3.75. The van der Waals surface area contributed by atoms with Gasteiger partial charge in [-0.2, -0.15) is 0 Å². The first kappa shape index (κ1) is 15.2. The number of carbonyl (C=O) groups excluding carboxylic acids is 1. The van der Waals surface area contributed by atoms with Gasteiger partial charge in [-0.15, -0.1) is 5.10 Å². The van der Waals surface area contributed by atoms with Gasteiger partial charge in [0.15, 0.2) is 0 Å². The molecule has 0 bridgehead atoms. The normalized spacial score (nSPS) is 24.1. The summed E-state index contributed by atoms with van der Waals surface area (Å²) < 4.78 is 5.04. The summed E-state index contributed by atoms with van der Waals surface area (Å²) in [4.78, 5) is 25.7. The van der Waals surface area contributed by atoms with Crippen LogP contribution in [0.25, 0.3) is 0 Å². The predicted octanol–water partition coefficient (Wildman–Crippen LogP) is 2.18. The standard InChI is InChI=1S/C18H21N3O3/c1-11-4-2-3-5-13(11)14-10-15(14)17(22)21-8-6-12(7-9-21)16-19-20-18(23)24-16/h2-5,12,14-15H,6-10H2,1H3,(H,20,23)/t14-,15+/m0/s1. The summed E-state index contributed by atoms with van der Waals surface area (Å²) in [5.41, 5.74) is 2.58. The van der Waals surface area contributed by atoms with Gasteiger partial charge < -0.3 is 9.32 Å². The summed E-state index contributed by atoms with van der Waals surface area (Å²) in [6.45, 7) is 3.52. The monoisotopic (exact) mass is 327 g/mol. The number of hydrogen-bond acceptors (Lipinski definition) is 4.